The standard InChI is InChI=1S/C18H15N3O3S2/c1-3-23-18(22)14-7-12(8-19)17(20-11(14)2)26-10-13-9-24-16(21-13)15-5-4-6-25-15/h4-7,9H,3,10H2,1-2H3. The van der Waals surface area contributed by atoms with Gasteiger partial charge in [0.15, 0.2) is 0 Å². The van der Waals surface area contributed by atoms with Crippen molar-refractivity contribution in [1.82, 2.24) is 9.97 Å². The lowest BCUT2D eigenvalue weighted by Crippen LogP contribution is -2.09. The van der Waals surface area contributed by atoms with E-state index in [0.29, 0.717) is 33.5 Å². The molecule has 0 aromatic carbocycles. The van der Waals surface area contributed by atoms with E-state index in [0.717, 1.165) is 10.6 Å². The van der Waals surface area contributed by atoms with Crippen molar-refractivity contribution in [2.45, 2.75) is 24.6 Å². The van der Waals surface area contributed by atoms with E-state index >= 15 is 0 Å². The molecule has 3 aromatic rings. The van der Waals surface area contributed by atoms with Gasteiger partial charge in [-0.15, -0.1) is 11.3 Å². The first-order valence-corrected chi connectivity index (χ1v) is 9.68. The topological polar surface area (TPSA) is 89.0 Å². The molecule has 0 radical (unpaired) electrons. The number of hydrogen-bond donors (Lipinski definition) is 0. The van der Waals surface area contributed by atoms with Crippen LogP contribution in [0.1, 0.15) is 34.2 Å². The lowest BCUT2D eigenvalue weighted by molar-refractivity contribution is 0.0524. The van der Waals surface area contributed by atoms with Crippen molar-refractivity contribution in [3.8, 4) is 16.8 Å². The van der Waals surface area contributed by atoms with Crippen LogP contribution in [0.25, 0.3) is 10.8 Å². The Balaban J connectivity index is 1.77. The number of rotatable bonds is 6. The van der Waals surface area contributed by atoms with Gasteiger partial charge in [0.1, 0.15) is 17.4 Å². The molecule has 0 amide bonds. The van der Waals surface area contributed by atoms with Crippen LogP contribution in [0.2, 0.25) is 0 Å². The normalized spacial score (nSPS) is 10.5. The Morgan fingerprint density at radius 1 is 1.46 bits per heavy atom. The highest BCUT2D eigenvalue weighted by atomic mass is 32.2. The lowest BCUT2D eigenvalue weighted by atomic mass is 10.1. The Kier molecular flexibility index (Phi) is 5.71. The molecule has 0 saturated carbocycles. The minimum atomic E-state index is -0.470. The number of ether oxygens (including phenoxy) is 1. The summed E-state index contributed by atoms with van der Waals surface area (Å²) in [5.74, 6) is 0.620. The number of pyridine rings is 1. The van der Waals surface area contributed by atoms with Crippen molar-refractivity contribution < 1.29 is 13.9 Å². The third-order valence-electron chi connectivity index (χ3n) is 3.43. The molecule has 0 fully saturated rings. The molecule has 0 spiro atoms. The third-order valence-corrected chi connectivity index (χ3v) is 5.32. The predicted molar refractivity (Wildman–Crippen MR) is 99.0 cm³/mol. The van der Waals surface area contributed by atoms with Gasteiger partial charge in [-0.25, -0.2) is 14.8 Å². The number of aryl methyl sites for hydroxylation is 1. The van der Waals surface area contributed by atoms with E-state index < -0.39 is 5.97 Å². The summed E-state index contributed by atoms with van der Waals surface area (Å²) in [6.45, 7) is 3.73. The van der Waals surface area contributed by atoms with E-state index in [-0.39, 0.29) is 6.61 Å². The zero-order chi connectivity index (χ0) is 18.5. The summed E-state index contributed by atoms with van der Waals surface area (Å²) in [5, 5.41) is 11.9. The summed E-state index contributed by atoms with van der Waals surface area (Å²) in [7, 11) is 0. The fourth-order valence-corrected chi connectivity index (χ4v) is 3.75. The second-order valence-corrected chi connectivity index (χ2v) is 7.13. The van der Waals surface area contributed by atoms with Gasteiger partial charge in [-0.05, 0) is 31.4 Å². The molecule has 0 bridgehead atoms. The molecule has 0 N–H and O–H groups in total. The van der Waals surface area contributed by atoms with Crippen molar-refractivity contribution in [2.24, 2.45) is 0 Å². The number of esters is 1. The number of thiophene rings is 1. The van der Waals surface area contributed by atoms with E-state index in [1.807, 2.05) is 17.5 Å². The maximum atomic E-state index is 11.9. The number of carbonyl (C=O) groups excluding carboxylic acids is 1. The zero-order valence-corrected chi connectivity index (χ0v) is 15.8. The van der Waals surface area contributed by atoms with Crippen molar-refractivity contribution in [3.63, 3.8) is 0 Å². The SMILES string of the molecule is CCOC(=O)c1cc(C#N)c(SCc2coc(-c3cccs3)n2)nc1C. The predicted octanol–water partition coefficient (Wildman–Crippen LogP) is 4.45. The average Bonchev–Trinajstić information content (AvgIpc) is 3.31. The summed E-state index contributed by atoms with van der Waals surface area (Å²) in [6, 6.07) is 7.51. The molecule has 6 nitrogen and oxygen atoms in total. The highest BCUT2D eigenvalue weighted by Gasteiger charge is 2.17. The van der Waals surface area contributed by atoms with E-state index in [1.165, 1.54) is 17.8 Å². The van der Waals surface area contributed by atoms with Gasteiger partial charge >= 0.3 is 5.97 Å². The van der Waals surface area contributed by atoms with E-state index in [9.17, 15) is 10.1 Å². The highest BCUT2D eigenvalue weighted by molar-refractivity contribution is 7.98. The smallest absolute Gasteiger partial charge is 0.340 e. The molecule has 8 heteroatoms. The first-order chi connectivity index (χ1) is 12.6. The maximum Gasteiger partial charge on any atom is 0.340 e. The number of nitriles is 1. The second-order valence-electron chi connectivity index (χ2n) is 5.22. The van der Waals surface area contributed by atoms with Gasteiger partial charge in [-0.3, -0.25) is 0 Å². The number of carbonyl (C=O) groups is 1. The van der Waals surface area contributed by atoms with Crippen molar-refractivity contribution in [2.75, 3.05) is 6.61 Å². The lowest BCUT2D eigenvalue weighted by Gasteiger charge is -2.08. The molecule has 0 aliphatic heterocycles. The first-order valence-electron chi connectivity index (χ1n) is 7.82. The maximum absolute atomic E-state index is 11.9. The summed E-state index contributed by atoms with van der Waals surface area (Å²) in [4.78, 5) is 21.8. The molecule has 26 heavy (non-hydrogen) atoms. The highest BCUT2D eigenvalue weighted by Crippen LogP contribution is 2.28. The fourth-order valence-electron chi connectivity index (χ4n) is 2.22. The molecular weight excluding hydrogens is 370 g/mol. The zero-order valence-electron chi connectivity index (χ0n) is 14.2. The Morgan fingerprint density at radius 2 is 2.31 bits per heavy atom. The summed E-state index contributed by atoms with van der Waals surface area (Å²) in [6.07, 6.45) is 1.61. The van der Waals surface area contributed by atoms with Crippen LogP contribution in [0.15, 0.2) is 39.3 Å². The summed E-state index contributed by atoms with van der Waals surface area (Å²) in [5.41, 5.74) is 1.94. The molecule has 3 aromatic heterocycles. The van der Waals surface area contributed by atoms with Gasteiger partial charge in [-0.2, -0.15) is 5.26 Å². The number of nitrogens with zero attached hydrogens (tertiary/aromatic N) is 3. The summed E-state index contributed by atoms with van der Waals surface area (Å²) < 4.78 is 10.5. The molecule has 3 heterocycles. The Bertz CT molecular complexity index is 959. The molecule has 0 aliphatic rings. The van der Waals surface area contributed by atoms with Gasteiger partial charge < -0.3 is 9.15 Å². The molecule has 0 saturated heterocycles. The largest absolute Gasteiger partial charge is 0.462 e. The van der Waals surface area contributed by atoms with Crippen LogP contribution in [-0.2, 0) is 10.5 Å². The van der Waals surface area contributed by atoms with Crippen LogP contribution >= 0.6 is 23.1 Å². The van der Waals surface area contributed by atoms with Gasteiger partial charge in [-0.1, -0.05) is 17.8 Å². The van der Waals surface area contributed by atoms with Gasteiger partial charge in [0, 0.05) is 5.75 Å². The molecule has 0 atom stereocenters. The van der Waals surface area contributed by atoms with Crippen LogP contribution < -0.4 is 0 Å². The molecular formula is C18H15N3O3S2. The van der Waals surface area contributed by atoms with E-state index in [2.05, 4.69) is 16.0 Å². The Hall–Kier alpha value is -2.63. The monoisotopic (exact) mass is 385 g/mol. The van der Waals surface area contributed by atoms with Crippen LogP contribution in [0.3, 0.4) is 0 Å². The molecule has 132 valence electrons. The Morgan fingerprint density at radius 3 is 3.00 bits per heavy atom. The number of oxazole rings is 1. The van der Waals surface area contributed by atoms with Gasteiger partial charge in [0.2, 0.25) is 5.89 Å². The van der Waals surface area contributed by atoms with Crippen LogP contribution in [0, 0.1) is 18.3 Å². The molecule has 0 unspecified atom stereocenters. The van der Waals surface area contributed by atoms with Crippen LogP contribution in [0.4, 0.5) is 0 Å². The second kappa shape index (κ2) is 8.17. The Labute approximate surface area is 158 Å². The average molecular weight is 385 g/mol. The van der Waals surface area contributed by atoms with Gasteiger partial charge in [0.25, 0.3) is 0 Å². The van der Waals surface area contributed by atoms with Crippen molar-refractivity contribution in [1.29, 1.82) is 5.26 Å². The molecule has 3 rings (SSSR count). The first kappa shape index (κ1) is 18.2. The van der Waals surface area contributed by atoms with Crippen molar-refractivity contribution >= 4 is 29.1 Å². The summed E-state index contributed by atoms with van der Waals surface area (Å²) >= 11 is 2.94. The minimum Gasteiger partial charge on any atom is -0.462 e. The minimum absolute atomic E-state index is 0.273. The van der Waals surface area contributed by atoms with E-state index in [1.54, 1.807) is 31.4 Å². The van der Waals surface area contributed by atoms with Crippen LogP contribution in [-0.4, -0.2) is 22.5 Å². The number of aromatic nitrogens is 2. The third kappa shape index (κ3) is 3.95. The number of hydrogen-bond acceptors (Lipinski definition) is 8. The van der Waals surface area contributed by atoms with Crippen LogP contribution in [0.5, 0.6) is 0 Å². The van der Waals surface area contributed by atoms with Crippen molar-refractivity contribution in [3.05, 3.63) is 52.4 Å². The quantitative estimate of drug-likeness (QED) is 0.457. The molecule has 0 aliphatic carbocycles. The van der Waals surface area contributed by atoms with Gasteiger partial charge in [0.05, 0.1) is 34.0 Å². The van der Waals surface area contributed by atoms with E-state index in [4.69, 9.17) is 9.15 Å². The fraction of sp³-hybridized carbons (Fsp3) is 0.222. The number of thioether (sulfide) groups is 1.